The minimum Gasteiger partial charge on any atom is -0.258 e. The molecule has 0 aliphatic rings. The molecular formula is C9H11NO4S. The van der Waals surface area contributed by atoms with Crippen molar-refractivity contribution in [1.82, 2.24) is 0 Å². The molecule has 1 aromatic rings. The Hall–Kier alpha value is -1.43. The highest BCUT2D eigenvalue weighted by atomic mass is 32.2. The topological polar surface area (TPSA) is 77.3 Å². The van der Waals surface area contributed by atoms with Crippen LogP contribution in [0.3, 0.4) is 0 Å². The molecule has 0 atom stereocenters. The zero-order valence-corrected chi connectivity index (χ0v) is 9.24. The van der Waals surface area contributed by atoms with E-state index in [1.807, 2.05) is 0 Å². The summed E-state index contributed by atoms with van der Waals surface area (Å²) in [5.74, 6) is -0.00967. The molecule has 0 bridgehead atoms. The van der Waals surface area contributed by atoms with Crippen LogP contribution in [0.25, 0.3) is 0 Å². The largest absolute Gasteiger partial charge is 0.272 e. The molecule has 6 heteroatoms. The molecule has 0 heterocycles. The molecule has 5 nitrogen and oxygen atoms in total. The Balaban J connectivity index is 3.30. The highest BCUT2D eigenvalue weighted by molar-refractivity contribution is 7.91. The molecule has 0 radical (unpaired) electrons. The number of nitro benzene ring substituents is 1. The van der Waals surface area contributed by atoms with Gasteiger partial charge in [-0.2, -0.15) is 0 Å². The van der Waals surface area contributed by atoms with E-state index < -0.39 is 14.8 Å². The van der Waals surface area contributed by atoms with Gasteiger partial charge in [0.15, 0.2) is 9.84 Å². The Bertz CT molecular complexity index is 493. The Labute approximate surface area is 87.8 Å². The fraction of sp³-hybridized carbons (Fsp3) is 0.333. The fourth-order valence-corrected chi connectivity index (χ4v) is 2.16. The summed E-state index contributed by atoms with van der Waals surface area (Å²) in [5.41, 5.74) is 0.291. The molecule has 0 aliphatic heterocycles. The van der Waals surface area contributed by atoms with Gasteiger partial charge in [-0.05, 0) is 19.1 Å². The van der Waals surface area contributed by atoms with E-state index in [9.17, 15) is 18.5 Å². The van der Waals surface area contributed by atoms with Crippen LogP contribution in [0.4, 0.5) is 5.69 Å². The average Bonchev–Trinajstić information content (AvgIpc) is 2.17. The van der Waals surface area contributed by atoms with Gasteiger partial charge in [-0.1, -0.05) is 6.92 Å². The third-order valence-electron chi connectivity index (χ3n) is 2.10. The predicted octanol–water partition coefficient (Wildman–Crippen LogP) is 1.70. The van der Waals surface area contributed by atoms with Crippen molar-refractivity contribution in [2.24, 2.45) is 0 Å². The normalized spacial score (nSPS) is 11.3. The summed E-state index contributed by atoms with van der Waals surface area (Å²) in [4.78, 5) is 10.1. The van der Waals surface area contributed by atoms with Gasteiger partial charge in [-0.15, -0.1) is 0 Å². The van der Waals surface area contributed by atoms with Crippen LogP contribution in [0.1, 0.15) is 12.5 Å². The number of hydrogen-bond acceptors (Lipinski definition) is 4. The van der Waals surface area contributed by atoms with Gasteiger partial charge < -0.3 is 0 Å². The van der Waals surface area contributed by atoms with Crippen molar-refractivity contribution < 1.29 is 13.3 Å². The number of rotatable bonds is 3. The third-order valence-corrected chi connectivity index (χ3v) is 3.84. The van der Waals surface area contributed by atoms with E-state index in [2.05, 4.69) is 0 Å². The Morgan fingerprint density at radius 1 is 1.40 bits per heavy atom. The lowest BCUT2D eigenvalue weighted by atomic mass is 10.2. The molecule has 0 amide bonds. The second kappa shape index (κ2) is 3.98. The summed E-state index contributed by atoms with van der Waals surface area (Å²) in [6.07, 6.45) is 0. The number of sulfone groups is 1. The van der Waals surface area contributed by atoms with Crippen molar-refractivity contribution in [1.29, 1.82) is 0 Å². The van der Waals surface area contributed by atoms with Crippen LogP contribution in [-0.2, 0) is 9.84 Å². The quantitative estimate of drug-likeness (QED) is 0.583. The average molecular weight is 229 g/mol. The maximum Gasteiger partial charge on any atom is 0.272 e. The lowest BCUT2D eigenvalue weighted by molar-refractivity contribution is -0.385. The first-order valence-corrected chi connectivity index (χ1v) is 6.01. The van der Waals surface area contributed by atoms with Crippen molar-refractivity contribution in [2.45, 2.75) is 18.7 Å². The molecule has 0 fully saturated rings. The summed E-state index contributed by atoms with van der Waals surface area (Å²) in [7, 11) is -3.29. The molecule has 1 rings (SSSR count). The van der Waals surface area contributed by atoms with E-state index in [0.29, 0.717) is 5.56 Å². The van der Waals surface area contributed by atoms with E-state index in [1.54, 1.807) is 0 Å². The maximum atomic E-state index is 11.5. The number of nitro groups is 1. The van der Waals surface area contributed by atoms with E-state index >= 15 is 0 Å². The summed E-state index contributed by atoms with van der Waals surface area (Å²) < 4.78 is 22.9. The lowest BCUT2D eigenvalue weighted by Crippen LogP contribution is -2.04. The third kappa shape index (κ3) is 2.33. The van der Waals surface area contributed by atoms with Crippen molar-refractivity contribution in [3.63, 3.8) is 0 Å². The molecule has 0 aromatic heterocycles. The van der Waals surface area contributed by atoms with Gasteiger partial charge in [0.2, 0.25) is 0 Å². The van der Waals surface area contributed by atoms with Crippen molar-refractivity contribution in [3.05, 3.63) is 33.9 Å². The minimum absolute atomic E-state index is 0.00967. The van der Waals surface area contributed by atoms with Crippen molar-refractivity contribution in [2.75, 3.05) is 5.75 Å². The van der Waals surface area contributed by atoms with Gasteiger partial charge in [-0.3, -0.25) is 10.1 Å². The second-order valence-corrected chi connectivity index (χ2v) is 5.39. The van der Waals surface area contributed by atoms with Crippen molar-refractivity contribution >= 4 is 15.5 Å². The highest BCUT2D eigenvalue weighted by Crippen LogP contribution is 2.21. The number of hydrogen-bond donors (Lipinski definition) is 0. The second-order valence-electron chi connectivity index (χ2n) is 3.11. The molecule has 15 heavy (non-hydrogen) atoms. The summed E-state index contributed by atoms with van der Waals surface area (Å²) in [5, 5.41) is 10.5. The van der Waals surface area contributed by atoms with Crippen LogP contribution in [0.15, 0.2) is 23.1 Å². The zero-order valence-electron chi connectivity index (χ0n) is 8.43. The smallest absolute Gasteiger partial charge is 0.258 e. The minimum atomic E-state index is -3.29. The zero-order chi connectivity index (χ0) is 11.6. The molecule has 0 spiro atoms. The number of aryl methyl sites for hydroxylation is 1. The lowest BCUT2D eigenvalue weighted by Gasteiger charge is -2.02. The molecule has 82 valence electrons. The van der Waals surface area contributed by atoms with Crippen LogP contribution in [0.2, 0.25) is 0 Å². The van der Waals surface area contributed by atoms with Crippen molar-refractivity contribution in [3.8, 4) is 0 Å². The van der Waals surface area contributed by atoms with E-state index in [1.165, 1.54) is 32.0 Å². The Morgan fingerprint density at radius 2 is 2.00 bits per heavy atom. The summed E-state index contributed by atoms with van der Waals surface area (Å²) >= 11 is 0. The SMILES string of the molecule is CCS(=O)(=O)c1ccc([N+](=O)[O-])c(C)c1. The van der Waals surface area contributed by atoms with Crippen LogP contribution < -0.4 is 0 Å². The standard InChI is InChI=1S/C9H11NO4S/c1-3-15(13,14)8-4-5-9(10(11)12)7(2)6-8/h4-6H,3H2,1-2H3. The van der Waals surface area contributed by atoms with Gasteiger partial charge in [0.05, 0.1) is 15.6 Å². The predicted molar refractivity (Wildman–Crippen MR) is 55.6 cm³/mol. The fourth-order valence-electron chi connectivity index (χ4n) is 1.19. The van der Waals surface area contributed by atoms with Gasteiger partial charge in [0, 0.05) is 11.6 Å². The highest BCUT2D eigenvalue weighted by Gasteiger charge is 2.16. The molecule has 0 saturated heterocycles. The molecule has 0 saturated carbocycles. The summed E-state index contributed by atoms with van der Waals surface area (Å²) in [6.45, 7) is 3.05. The molecule has 1 aromatic carbocycles. The van der Waals surface area contributed by atoms with E-state index in [4.69, 9.17) is 0 Å². The van der Waals surface area contributed by atoms with Gasteiger partial charge in [-0.25, -0.2) is 8.42 Å². The van der Waals surface area contributed by atoms with Crippen LogP contribution >= 0.6 is 0 Å². The molecule has 0 aliphatic carbocycles. The maximum absolute atomic E-state index is 11.5. The van der Waals surface area contributed by atoms with Gasteiger partial charge >= 0.3 is 0 Å². The number of nitrogens with zero attached hydrogens (tertiary/aromatic N) is 1. The molecule has 0 N–H and O–H groups in total. The molecule has 0 unspecified atom stereocenters. The van der Waals surface area contributed by atoms with E-state index in [-0.39, 0.29) is 16.3 Å². The van der Waals surface area contributed by atoms with Gasteiger partial charge in [0.1, 0.15) is 0 Å². The van der Waals surface area contributed by atoms with Crippen LogP contribution in [0.5, 0.6) is 0 Å². The Morgan fingerprint density at radius 3 is 2.40 bits per heavy atom. The van der Waals surface area contributed by atoms with Gasteiger partial charge in [0.25, 0.3) is 5.69 Å². The monoisotopic (exact) mass is 229 g/mol. The first kappa shape index (κ1) is 11.6. The Kier molecular flexibility index (Phi) is 3.09. The summed E-state index contributed by atoms with van der Waals surface area (Å²) in [6, 6.07) is 3.82. The first-order chi connectivity index (χ1) is 6.88. The van der Waals surface area contributed by atoms with Crippen LogP contribution in [0, 0.1) is 17.0 Å². The van der Waals surface area contributed by atoms with Crippen LogP contribution in [-0.4, -0.2) is 19.1 Å². The first-order valence-electron chi connectivity index (χ1n) is 4.36. The number of benzene rings is 1. The van der Waals surface area contributed by atoms with E-state index in [0.717, 1.165) is 0 Å². The molecular weight excluding hydrogens is 218 g/mol.